The van der Waals surface area contributed by atoms with Crippen molar-refractivity contribution < 1.29 is 30.3 Å². The second kappa shape index (κ2) is 7.30. The predicted octanol–water partition coefficient (Wildman–Crippen LogP) is 0.492. The van der Waals surface area contributed by atoms with Gasteiger partial charge in [-0.25, -0.2) is 0 Å². The first-order chi connectivity index (χ1) is 8.22. The standard InChI is InChI=1S/C6H14O5.C6H6O/c1-3-5(7,8)11-6(9,10)4-2;7-6-4-2-1-3-5-6/h7-10H,3-4H2,1-2H3;1-5,7H. The van der Waals surface area contributed by atoms with Crippen molar-refractivity contribution >= 4 is 0 Å². The Morgan fingerprint density at radius 2 is 1.28 bits per heavy atom. The molecule has 0 aromatic heterocycles. The van der Waals surface area contributed by atoms with E-state index in [4.69, 9.17) is 25.5 Å². The Labute approximate surface area is 106 Å². The maximum absolute atomic E-state index is 8.80. The highest BCUT2D eigenvalue weighted by Crippen LogP contribution is 2.17. The number of aromatic hydroxyl groups is 1. The van der Waals surface area contributed by atoms with Crippen LogP contribution >= 0.6 is 0 Å². The van der Waals surface area contributed by atoms with Crippen molar-refractivity contribution in [2.24, 2.45) is 0 Å². The summed E-state index contributed by atoms with van der Waals surface area (Å²) in [4.78, 5) is 0. The molecule has 18 heavy (non-hydrogen) atoms. The average molecular weight is 260 g/mol. The molecule has 6 nitrogen and oxygen atoms in total. The maximum Gasteiger partial charge on any atom is 0.281 e. The van der Waals surface area contributed by atoms with E-state index < -0.39 is 11.9 Å². The summed E-state index contributed by atoms with van der Waals surface area (Å²) in [5.41, 5.74) is 0. The van der Waals surface area contributed by atoms with Gasteiger partial charge in [0.15, 0.2) is 0 Å². The van der Waals surface area contributed by atoms with Crippen LogP contribution in [0, 0.1) is 0 Å². The lowest BCUT2D eigenvalue weighted by molar-refractivity contribution is -0.471. The summed E-state index contributed by atoms with van der Waals surface area (Å²) in [5.74, 6) is -4.62. The van der Waals surface area contributed by atoms with Crippen LogP contribution < -0.4 is 0 Å². The summed E-state index contributed by atoms with van der Waals surface area (Å²) in [5, 5.41) is 43.8. The number of para-hydroxylation sites is 1. The molecular formula is C12H20O6. The molecule has 0 radical (unpaired) electrons. The highest BCUT2D eigenvalue weighted by atomic mass is 16.9. The maximum atomic E-state index is 8.80. The molecule has 1 aromatic carbocycles. The zero-order valence-electron chi connectivity index (χ0n) is 10.4. The van der Waals surface area contributed by atoms with Gasteiger partial charge in [-0.1, -0.05) is 32.0 Å². The first-order valence-electron chi connectivity index (χ1n) is 5.56. The number of hydrogen-bond acceptors (Lipinski definition) is 6. The van der Waals surface area contributed by atoms with E-state index in [9.17, 15) is 0 Å². The molecule has 5 N–H and O–H groups in total. The molecule has 0 spiro atoms. The van der Waals surface area contributed by atoms with Gasteiger partial charge in [-0.3, -0.25) is 4.74 Å². The van der Waals surface area contributed by atoms with E-state index >= 15 is 0 Å². The Morgan fingerprint density at radius 3 is 1.50 bits per heavy atom. The molecule has 0 aliphatic heterocycles. The molecule has 0 aliphatic carbocycles. The van der Waals surface area contributed by atoms with Crippen LogP contribution in [0.2, 0.25) is 0 Å². The van der Waals surface area contributed by atoms with Gasteiger partial charge in [0.05, 0.1) is 0 Å². The Kier molecular flexibility index (Phi) is 6.82. The van der Waals surface area contributed by atoms with Gasteiger partial charge < -0.3 is 25.5 Å². The van der Waals surface area contributed by atoms with Crippen LogP contribution in [-0.2, 0) is 4.74 Å². The molecule has 6 heteroatoms. The number of hydrogen-bond donors (Lipinski definition) is 5. The van der Waals surface area contributed by atoms with Gasteiger partial charge in [0, 0.05) is 12.8 Å². The lowest BCUT2D eigenvalue weighted by atomic mass is 10.3. The molecule has 104 valence electrons. The summed E-state index contributed by atoms with van der Waals surface area (Å²) in [7, 11) is 0. The fourth-order valence-corrected chi connectivity index (χ4v) is 0.834. The van der Waals surface area contributed by atoms with E-state index in [2.05, 4.69) is 4.74 Å². The van der Waals surface area contributed by atoms with Crippen molar-refractivity contribution in [3.63, 3.8) is 0 Å². The molecule has 0 saturated carbocycles. The van der Waals surface area contributed by atoms with Gasteiger partial charge in [-0.15, -0.1) is 0 Å². The monoisotopic (exact) mass is 260 g/mol. The highest BCUT2D eigenvalue weighted by Gasteiger charge is 2.34. The molecule has 0 saturated heterocycles. The third-order valence-corrected chi connectivity index (χ3v) is 2.00. The normalized spacial score (nSPS) is 11.7. The van der Waals surface area contributed by atoms with Gasteiger partial charge >= 0.3 is 0 Å². The lowest BCUT2D eigenvalue weighted by Crippen LogP contribution is -2.44. The second-order valence-electron chi connectivity index (χ2n) is 3.63. The first kappa shape index (κ1) is 16.8. The molecule has 0 aliphatic rings. The fourth-order valence-electron chi connectivity index (χ4n) is 0.834. The number of aliphatic hydroxyl groups is 4. The molecule has 0 bridgehead atoms. The van der Waals surface area contributed by atoms with Crippen LogP contribution in [0.4, 0.5) is 0 Å². The molecule has 0 unspecified atom stereocenters. The number of phenols is 1. The minimum Gasteiger partial charge on any atom is -0.508 e. The molecule has 0 fully saturated rings. The van der Waals surface area contributed by atoms with Crippen molar-refractivity contribution in [3.05, 3.63) is 30.3 Å². The van der Waals surface area contributed by atoms with Gasteiger partial charge in [-0.2, -0.15) is 0 Å². The quantitative estimate of drug-likeness (QED) is 0.504. The van der Waals surface area contributed by atoms with E-state index in [1.165, 1.54) is 13.8 Å². The van der Waals surface area contributed by atoms with Crippen LogP contribution in [0.25, 0.3) is 0 Å². The predicted molar refractivity (Wildman–Crippen MR) is 64.1 cm³/mol. The van der Waals surface area contributed by atoms with Crippen molar-refractivity contribution in [1.29, 1.82) is 0 Å². The number of benzene rings is 1. The van der Waals surface area contributed by atoms with Gasteiger partial charge in [0.25, 0.3) is 11.9 Å². The SMILES string of the molecule is CCC(O)(O)OC(O)(O)CC.Oc1ccccc1. The highest BCUT2D eigenvalue weighted by molar-refractivity contribution is 5.18. The van der Waals surface area contributed by atoms with E-state index in [0.29, 0.717) is 5.75 Å². The second-order valence-corrected chi connectivity index (χ2v) is 3.63. The molecule has 1 rings (SSSR count). The molecule has 0 atom stereocenters. The van der Waals surface area contributed by atoms with E-state index in [1.807, 2.05) is 6.07 Å². The Hall–Kier alpha value is -1.18. The number of rotatable bonds is 4. The molecule has 0 amide bonds. The van der Waals surface area contributed by atoms with Gasteiger partial charge in [0.1, 0.15) is 5.75 Å². The summed E-state index contributed by atoms with van der Waals surface area (Å²) in [6.45, 7) is 2.87. The van der Waals surface area contributed by atoms with E-state index in [-0.39, 0.29) is 12.8 Å². The van der Waals surface area contributed by atoms with Crippen LogP contribution in [-0.4, -0.2) is 37.5 Å². The van der Waals surface area contributed by atoms with Crippen LogP contribution in [0.3, 0.4) is 0 Å². The minimum atomic E-state index is -2.47. The van der Waals surface area contributed by atoms with Crippen LogP contribution in [0.5, 0.6) is 5.75 Å². The topological polar surface area (TPSA) is 110 Å². The van der Waals surface area contributed by atoms with Crippen molar-refractivity contribution in [1.82, 2.24) is 0 Å². The van der Waals surface area contributed by atoms with Gasteiger partial charge in [-0.05, 0) is 12.1 Å². The zero-order chi connectivity index (χ0) is 14.2. The van der Waals surface area contributed by atoms with Crippen molar-refractivity contribution in [2.75, 3.05) is 0 Å². The number of phenolic OH excluding ortho intramolecular Hbond substituents is 1. The van der Waals surface area contributed by atoms with E-state index in [1.54, 1.807) is 24.3 Å². The summed E-state index contributed by atoms with van der Waals surface area (Å²) < 4.78 is 4.15. The molecule has 1 aromatic rings. The van der Waals surface area contributed by atoms with Crippen LogP contribution in [0.1, 0.15) is 26.7 Å². The third-order valence-electron chi connectivity index (χ3n) is 2.00. The molecular weight excluding hydrogens is 240 g/mol. The number of ether oxygens (including phenoxy) is 1. The Balaban J connectivity index is 0.000000351. The van der Waals surface area contributed by atoms with Crippen LogP contribution in [0.15, 0.2) is 30.3 Å². The summed E-state index contributed by atoms with van der Waals surface area (Å²) in [6, 6.07) is 8.71. The van der Waals surface area contributed by atoms with Crippen molar-refractivity contribution in [2.45, 2.75) is 38.6 Å². The lowest BCUT2D eigenvalue weighted by Gasteiger charge is -2.28. The third kappa shape index (κ3) is 7.99. The summed E-state index contributed by atoms with van der Waals surface area (Å²) >= 11 is 0. The largest absolute Gasteiger partial charge is 0.508 e. The Morgan fingerprint density at radius 1 is 0.889 bits per heavy atom. The molecule has 0 heterocycles. The summed E-state index contributed by atoms with van der Waals surface area (Å²) in [6.07, 6.45) is -0.286. The average Bonchev–Trinajstić information content (AvgIpc) is 2.30. The van der Waals surface area contributed by atoms with Crippen molar-refractivity contribution in [3.8, 4) is 5.75 Å². The van der Waals surface area contributed by atoms with E-state index in [0.717, 1.165) is 0 Å². The minimum absolute atomic E-state index is 0.143. The first-order valence-corrected chi connectivity index (χ1v) is 5.56. The van der Waals surface area contributed by atoms with Gasteiger partial charge in [0.2, 0.25) is 0 Å². The smallest absolute Gasteiger partial charge is 0.281 e. The fraction of sp³-hybridized carbons (Fsp3) is 0.500. The zero-order valence-corrected chi connectivity index (χ0v) is 10.4. The Bertz CT molecular complexity index is 309.